The number of rotatable bonds is 12. The Morgan fingerprint density at radius 3 is 2.73 bits per heavy atom. The van der Waals surface area contributed by atoms with Gasteiger partial charge in [0.25, 0.3) is 0 Å². The Balaban J connectivity index is 1.82. The fraction of sp³-hybridized carbons (Fsp3) is 0.864. The van der Waals surface area contributed by atoms with Crippen molar-refractivity contribution in [2.45, 2.75) is 81.3 Å². The molecule has 0 aromatic carbocycles. The maximum atomic E-state index is 13.5. The molecule has 7 nitrogen and oxygen atoms in total. The lowest BCUT2D eigenvalue weighted by atomic mass is 9.71. The number of amides is 2. The van der Waals surface area contributed by atoms with Gasteiger partial charge in [-0.2, -0.15) is 0 Å². The smallest absolute Gasteiger partial charge is 0.310 e. The molecular formula is C22H36N2O5S. The standard InChI is InChI=1S/C22H36N2O5S/c1-3-5-7-12-23-19(26)18-22-11-10-15(30-22)16(21(28)29-4-2)17(22)20(27)24(18)13-8-6-9-14-25/h15-18,25H,3-14H2,1-2H3,(H,23,26)/t15-,16+,17+,18?,22?/m1/s1. The van der Waals surface area contributed by atoms with Crippen molar-refractivity contribution in [3.05, 3.63) is 0 Å². The molecule has 8 heteroatoms. The molecule has 0 aromatic heterocycles. The summed E-state index contributed by atoms with van der Waals surface area (Å²) in [5.41, 5.74) is 0. The van der Waals surface area contributed by atoms with E-state index in [-0.39, 0.29) is 29.6 Å². The Kier molecular flexibility index (Phi) is 8.07. The maximum Gasteiger partial charge on any atom is 0.310 e. The number of nitrogens with zero attached hydrogens (tertiary/aromatic N) is 1. The van der Waals surface area contributed by atoms with Gasteiger partial charge in [-0.15, -0.1) is 11.8 Å². The van der Waals surface area contributed by atoms with Gasteiger partial charge < -0.3 is 20.1 Å². The molecule has 2 unspecified atom stereocenters. The van der Waals surface area contributed by atoms with Gasteiger partial charge in [-0.1, -0.05) is 19.8 Å². The van der Waals surface area contributed by atoms with Crippen LogP contribution in [0, 0.1) is 11.8 Å². The molecule has 0 aromatic rings. The molecule has 2 N–H and O–H groups in total. The van der Waals surface area contributed by atoms with Crippen molar-refractivity contribution in [1.82, 2.24) is 10.2 Å². The third kappa shape index (κ3) is 4.22. The van der Waals surface area contributed by atoms with Crippen molar-refractivity contribution < 1.29 is 24.2 Å². The summed E-state index contributed by atoms with van der Waals surface area (Å²) in [4.78, 5) is 41.3. The van der Waals surface area contributed by atoms with E-state index in [0.717, 1.165) is 44.9 Å². The quantitative estimate of drug-likeness (QED) is 0.356. The van der Waals surface area contributed by atoms with Crippen LogP contribution in [0.1, 0.15) is 65.2 Å². The predicted molar refractivity (Wildman–Crippen MR) is 116 cm³/mol. The van der Waals surface area contributed by atoms with E-state index in [1.54, 1.807) is 23.6 Å². The van der Waals surface area contributed by atoms with Crippen LogP contribution in [-0.2, 0) is 19.1 Å². The number of aliphatic hydroxyl groups excluding tert-OH is 1. The largest absolute Gasteiger partial charge is 0.466 e. The Hall–Kier alpha value is -1.28. The molecule has 3 aliphatic heterocycles. The fourth-order valence-electron chi connectivity index (χ4n) is 5.45. The first-order valence-electron chi connectivity index (χ1n) is 11.5. The average molecular weight is 441 g/mol. The van der Waals surface area contributed by atoms with Crippen molar-refractivity contribution in [2.75, 3.05) is 26.3 Å². The van der Waals surface area contributed by atoms with Crippen LogP contribution in [0.15, 0.2) is 0 Å². The molecule has 3 fully saturated rings. The number of nitrogens with one attached hydrogen (secondary N) is 1. The number of carbonyl (C=O) groups is 3. The van der Waals surface area contributed by atoms with E-state index in [2.05, 4.69) is 12.2 Å². The highest BCUT2D eigenvalue weighted by Gasteiger charge is 2.73. The molecule has 0 aliphatic carbocycles. The zero-order valence-corrected chi connectivity index (χ0v) is 19.0. The molecule has 2 amide bonds. The summed E-state index contributed by atoms with van der Waals surface area (Å²) in [6, 6.07) is -0.528. The molecule has 3 rings (SSSR count). The summed E-state index contributed by atoms with van der Waals surface area (Å²) >= 11 is 1.68. The molecule has 1 spiro atoms. The first kappa shape index (κ1) is 23.4. The van der Waals surface area contributed by atoms with Crippen LogP contribution in [0.4, 0.5) is 0 Å². The average Bonchev–Trinajstić information content (AvgIpc) is 3.36. The lowest BCUT2D eigenvalue weighted by Gasteiger charge is -2.34. The number of likely N-dealkylation sites (tertiary alicyclic amines) is 1. The van der Waals surface area contributed by atoms with Crippen LogP contribution in [0.2, 0.25) is 0 Å². The second-order valence-electron chi connectivity index (χ2n) is 8.62. The van der Waals surface area contributed by atoms with E-state index < -0.39 is 22.6 Å². The van der Waals surface area contributed by atoms with Gasteiger partial charge in [-0.3, -0.25) is 14.4 Å². The SMILES string of the molecule is CCCCCNC(=O)C1N(CCCCCO)C(=O)[C@@H]2[C@@H](C(=O)OCC)[C@H]3CCC12S3. The highest BCUT2D eigenvalue weighted by atomic mass is 32.2. The predicted octanol–water partition coefficient (Wildman–Crippen LogP) is 2.11. The summed E-state index contributed by atoms with van der Waals surface area (Å²) in [7, 11) is 0. The number of esters is 1. The molecule has 5 atom stereocenters. The zero-order valence-electron chi connectivity index (χ0n) is 18.2. The highest BCUT2D eigenvalue weighted by molar-refractivity contribution is 8.02. The summed E-state index contributed by atoms with van der Waals surface area (Å²) in [5, 5.41) is 12.2. The molecule has 170 valence electrons. The minimum atomic E-state index is -0.528. The van der Waals surface area contributed by atoms with Crippen molar-refractivity contribution in [3.8, 4) is 0 Å². The van der Waals surface area contributed by atoms with Crippen LogP contribution in [0.5, 0.6) is 0 Å². The second-order valence-corrected chi connectivity index (χ2v) is 10.2. The molecule has 0 saturated carbocycles. The third-order valence-electron chi connectivity index (χ3n) is 6.74. The van der Waals surface area contributed by atoms with Crippen LogP contribution in [0.3, 0.4) is 0 Å². The Bertz CT molecular complexity index is 645. The number of thioether (sulfide) groups is 1. The summed E-state index contributed by atoms with van der Waals surface area (Å²) in [6.07, 6.45) is 6.94. The maximum absolute atomic E-state index is 13.5. The molecule has 2 bridgehead atoms. The van der Waals surface area contributed by atoms with Gasteiger partial charge >= 0.3 is 5.97 Å². The van der Waals surface area contributed by atoms with Gasteiger partial charge in [-0.05, 0) is 45.4 Å². The Morgan fingerprint density at radius 2 is 2.03 bits per heavy atom. The molecule has 0 radical (unpaired) electrons. The summed E-state index contributed by atoms with van der Waals surface area (Å²) in [5.74, 6) is -1.36. The molecule has 3 saturated heterocycles. The Labute approximate surface area is 183 Å². The van der Waals surface area contributed by atoms with Gasteiger partial charge in [0, 0.05) is 24.9 Å². The molecule has 3 aliphatic rings. The number of carbonyl (C=O) groups excluding carboxylic acids is 3. The second kappa shape index (κ2) is 10.4. The summed E-state index contributed by atoms with van der Waals surface area (Å²) in [6.45, 7) is 5.44. The van der Waals surface area contributed by atoms with E-state index in [1.807, 2.05) is 0 Å². The van der Waals surface area contributed by atoms with Crippen molar-refractivity contribution >= 4 is 29.5 Å². The number of fused-ring (bicyclic) bond motifs is 1. The zero-order chi connectivity index (χ0) is 21.7. The van der Waals surface area contributed by atoms with Gasteiger partial charge in [0.2, 0.25) is 11.8 Å². The van der Waals surface area contributed by atoms with Gasteiger partial charge in [0.15, 0.2) is 0 Å². The minimum Gasteiger partial charge on any atom is -0.466 e. The van der Waals surface area contributed by atoms with Gasteiger partial charge in [0.05, 0.1) is 23.2 Å². The van der Waals surface area contributed by atoms with Crippen LogP contribution in [-0.4, -0.2) is 70.1 Å². The van der Waals surface area contributed by atoms with Crippen LogP contribution >= 0.6 is 11.8 Å². The lowest BCUT2D eigenvalue weighted by molar-refractivity contribution is -0.153. The van der Waals surface area contributed by atoms with E-state index in [4.69, 9.17) is 9.84 Å². The number of hydrogen-bond donors (Lipinski definition) is 2. The first-order chi connectivity index (χ1) is 14.5. The van der Waals surface area contributed by atoms with Crippen molar-refractivity contribution in [1.29, 1.82) is 0 Å². The normalized spacial score (nSPS) is 31.8. The monoisotopic (exact) mass is 440 g/mol. The summed E-state index contributed by atoms with van der Waals surface area (Å²) < 4.78 is 4.79. The van der Waals surface area contributed by atoms with E-state index >= 15 is 0 Å². The van der Waals surface area contributed by atoms with E-state index in [0.29, 0.717) is 26.1 Å². The lowest BCUT2D eigenvalue weighted by Crippen LogP contribution is -2.53. The number of ether oxygens (including phenoxy) is 1. The number of hydrogen-bond acceptors (Lipinski definition) is 6. The van der Waals surface area contributed by atoms with Crippen LogP contribution < -0.4 is 5.32 Å². The van der Waals surface area contributed by atoms with Gasteiger partial charge in [0.1, 0.15) is 6.04 Å². The topological polar surface area (TPSA) is 95.9 Å². The van der Waals surface area contributed by atoms with E-state index in [1.165, 1.54) is 0 Å². The van der Waals surface area contributed by atoms with Crippen LogP contribution in [0.25, 0.3) is 0 Å². The highest BCUT2D eigenvalue weighted by Crippen LogP contribution is 2.66. The van der Waals surface area contributed by atoms with Crippen molar-refractivity contribution in [2.24, 2.45) is 11.8 Å². The number of unbranched alkanes of at least 4 members (excludes halogenated alkanes) is 4. The van der Waals surface area contributed by atoms with Gasteiger partial charge in [-0.25, -0.2) is 0 Å². The third-order valence-corrected chi connectivity index (χ3v) is 8.70. The number of aliphatic hydroxyl groups is 1. The Morgan fingerprint density at radius 1 is 1.23 bits per heavy atom. The van der Waals surface area contributed by atoms with E-state index in [9.17, 15) is 14.4 Å². The molecule has 30 heavy (non-hydrogen) atoms. The molecular weight excluding hydrogens is 404 g/mol. The fourth-order valence-corrected chi connectivity index (χ4v) is 7.66. The molecule has 3 heterocycles. The van der Waals surface area contributed by atoms with Crippen molar-refractivity contribution in [3.63, 3.8) is 0 Å². The first-order valence-corrected chi connectivity index (χ1v) is 12.4. The minimum absolute atomic E-state index is 0.0601.